The number of fused-ring (bicyclic) bond motifs is 1. The zero-order valence-electron chi connectivity index (χ0n) is 13.2. The predicted octanol–water partition coefficient (Wildman–Crippen LogP) is 3.92. The Labute approximate surface area is 123 Å². The Morgan fingerprint density at radius 1 is 1.10 bits per heavy atom. The van der Waals surface area contributed by atoms with Gasteiger partial charge in [0.2, 0.25) is 0 Å². The molecular formula is C18H29NO. The first kappa shape index (κ1) is 15.5. The van der Waals surface area contributed by atoms with Crippen molar-refractivity contribution in [2.45, 2.75) is 53.2 Å². The molecule has 0 bridgehead atoms. The number of hydrogen-bond donors (Lipinski definition) is 1. The zero-order chi connectivity index (χ0) is 14.4. The normalized spacial score (nSPS) is 15.6. The van der Waals surface area contributed by atoms with Crippen molar-refractivity contribution in [1.82, 2.24) is 5.32 Å². The molecule has 0 spiro atoms. The van der Waals surface area contributed by atoms with E-state index in [2.05, 4.69) is 44.3 Å². The van der Waals surface area contributed by atoms with Gasteiger partial charge in [0.1, 0.15) is 0 Å². The maximum atomic E-state index is 5.47. The molecular weight excluding hydrogens is 246 g/mol. The van der Waals surface area contributed by atoms with Crippen LogP contribution in [0.15, 0.2) is 18.2 Å². The third-order valence-corrected chi connectivity index (χ3v) is 4.08. The van der Waals surface area contributed by atoms with Crippen LogP contribution in [0.4, 0.5) is 0 Å². The molecule has 0 radical (unpaired) electrons. The quantitative estimate of drug-likeness (QED) is 0.726. The standard InChI is InChI=1S/C18H29NO/c1-14(2)11-19-9-8-15(3)4-5-16-6-7-17-12-20-13-18(17)10-16/h6-7,10,14-15,19H,4-5,8-9,11-13H2,1-3H3. The first-order valence-electron chi connectivity index (χ1n) is 8.04. The van der Waals surface area contributed by atoms with Gasteiger partial charge in [-0.3, -0.25) is 0 Å². The van der Waals surface area contributed by atoms with Gasteiger partial charge in [-0.05, 0) is 60.9 Å². The Hall–Kier alpha value is -0.860. The van der Waals surface area contributed by atoms with E-state index >= 15 is 0 Å². The van der Waals surface area contributed by atoms with Crippen molar-refractivity contribution in [3.63, 3.8) is 0 Å². The summed E-state index contributed by atoms with van der Waals surface area (Å²) in [6.07, 6.45) is 3.75. The number of aryl methyl sites for hydroxylation is 1. The summed E-state index contributed by atoms with van der Waals surface area (Å²) in [7, 11) is 0. The molecule has 1 N–H and O–H groups in total. The summed E-state index contributed by atoms with van der Waals surface area (Å²) in [4.78, 5) is 0. The summed E-state index contributed by atoms with van der Waals surface area (Å²) in [5, 5.41) is 3.53. The summed E-state index contributed by atoms with van der Waals surface area (Å²) in [6.45, 7) is 10.8. The van der Waals surface area contributed by atoms with E-state index in [0.29, 0.717) is 0 Å². The van der Waals surface area contributed by atoms with Crippen molar-refractivity contribution < 1.29 is 4.74 Å². The Morgan fingerprint density at radius 3 is 2.70 bits per heavy atom. The lowest BCUT2D eigenvalue weighted by atomic mass is 9.96. The van der Waals surface area contributed by atoms with Crippen molar-refractivity contribution in [3.8, 4) is 0 Å². The van der Waals surface area contributed by atoms with Crippen molar-refractivity contribution in [2.75, 3.05) is 13.1 Å². The van der Waals surface area contributed by atoms with Crippen LogP contribution in [0.25, 0.3) is 0 Å². The van der Waals surface area contributed by atoms with Gasteiger partial charge in [0.15, 0.2) is 0 Å². The lowest BCUT2D eigenvalue weighted by Gasteiger charge is -2.13. The average Bonchev–Trinajstić information content (AvgIpc) is 2.88. The Morgan fingerprint density at radius 2 is 1.90 bits per heavy atom. The molecule has 1 unspecified atom stereocenters. The number of rotatable bonds is 8. The molecule has 1 atom stereocenters. The maximum Gasteiger partial charge on any atom is 0.0725 e. The second-order valence-electron chi connectivity index (χ2n) is 6.63. The van der Waals surface area contributed by atoms with E-state index in [1.807, 2.05) is 0 Å². The summed E-state index contributed by atoms with van der Waals surface area (Å²) in [5.74, 6) is 1.54. The second-order valence-corrected chi connectivity index (χ2v) is 6.63. The summed E-state index contributed by atoms with van der Waals surface area (Å²) in [5.41, 5.74) is 4.24. The molecule has 1 aliphatic rings. The SMILES string of the molecule is CC(C)CNCCC(C)CCc1ccc2c(c1)COC2. The second kappa shape index (κ2) is 7.80. The molecule has 0 aromatic heterocycles. The number of benzene rings is 1. The molecule has 112 valence electrons. The van der Waals surface area contributed by atoms with Crippen LogP contribution in [0.1, 0.15) is 50.3 Å². The van der Waals surface area contributed by atoms with Crippen molar-refractivity contribution in [3.05, 3.63) is 34.9 Å². The molecule has 0 fully saturated rings. The highest BCUT2D eigenvalue weighted by Gasteiger charge is 2.11. The highest BCUT2D eigenvalue weighted by atomic mass is 16.5. The zero-order valence-corrected chi connectivity index (χ0v) is 13.2. The average molecular weight is 275 g/mol. The van der Waals surface area contributed by atoms with E-state index < -0.39 is 0 Å². The van der Waals surface area contributed by atoms with Crippen LogP contribution in [0.2, 0.25) is 0 Å². The summed E-state index contributed by atoms with van der Waals surface area (Å²) in [6, 6.07) is 6.86. The van der Waals surface area contributed by atoms with Crippen LogP contribution >= 0.6 is 0 Å². The minimum Gasteiger partial charge on any atom is -0.372 e. The fraction of sp³-hybridized carbons (Fsp3) is 0.667. The third-order valence-electron chi connectivity index (χ3n) is 4.08. The van der Waals surface area contributed by atoms with Gasteiger partial charge in [0.25, 0.3) is 0 Å². The highest BCUT2D eigenvalue weighted by Crippen LogP contribution is 2.22. The molecule has 1 aliphatic heterocycles. The Balaban J connectivity index is 1.67. The van der Waals surface area contributed by atoms with Gasteiger partial charge < -0.3 is 10.1 Å². The van der Waals surface area contributed by atoms with E-state index in [0.717, 1.165) is 38.1 Å². The Kier molecular flexibility index (Phi) is 6.06. The minimum atomic E-state index is 0.749. The molecule has 0 saturated heterocycles. The maximum absolute atomic E-state index is 5.47. The molecule has 1 aromatic rings. The van der Waals surface area contributed by atoms with Crippen LogP contribution < -0.4 is 5.32 Å². The number of hydrogen-bond acceptors (Lipinski definition) is 2. The molecule has 1 aromatic carbocycles. The summed E-state index contributed by atoms with van der Waals surface area (Å²) < 4.78 is 5.47. The largest absolute Gasteiger partial charge is 0.372 e. The van der Waals surface area contributed by atoms with Crippen molar-refractivity contribution in [2.24, 2.45) is 11.8 Å². The molecule has 2 nitrogen and oxygen atoms in total. The minimum absolute atomic E-state index is 0.749. The fourth-order valence-electron chi connectivity index (χ4n) is 2.68. The molecule has 2 rings (SSSR count). The van der Waals surface area contributed by atoms with E-state index in [4.69, 9.17) is 4.74 Å². The van der Waals surface area contributed by atoms with E-state index in [-0.39, 0.29) is 0 Å². The van der Waals surface area contributed by atoms with Gasteiger partial charge in [-0.2, -0.15) is 0 Å². The first-order chi connectivity index (χ1) is 9.65. The topological polar surface area (TPSA) is 21.3 Å². The molecule has 20 heavy (non-hydrogen) atoms. The van der Waals surface area contributed by atoms with Gasteiger partial charge in [-0.15, -0.1) is 0 Å². The smallest absolute Gasteiger partial charge is 0.0725 e. The molecule has 0 saturated carbocycles. The van der Waals surface area contributed by atoms with E-state index in [1.165, 1.54) is 36.0 Å². The van der Waals surface area contributed by atoms with Crippen LogP contribution in [-0.4, -0.2) is 13.1 Å². The number of ether oxygens (including phenoxy) is 1. The van der Waals surface area contributed by atoms with Crippen LogP contribution in [-0.2, 0) is 24.4 Å². The predicted molar refractivity (Wildman–Crippen MR) is 84.7 cm³/mol. The first-order valence-corrected chi connectivity index (χ1v) is 8.04. The highest BCUT2D eigenvalue weighted by molar-refractivity contribution is 5.33. The third kappa shape index (κ3) is 4.92. The van der Waals surface area contributed by atoms with Gasteiger partial charge in [0.05, 0.1) is 13.2 Å². The van der Waals surface area contributed by atoms with E-state index in [1.54, 1.807) is 0 Å². The van der Waals surface area contributed by atoms with Gasteiger partial charge in [-0.25, -0.2) is 0 Å². The van der Waals surface area contributed by atoms with Crippen molar-refractivity contribution in [1.29, 1.82) is 0 Å². The summed E-state index contributed by atoms with van der Waals surface area (Å²) >= 11 is 0. The molecule has 0 aliphatic carbocycles. The molecule has 0 amide bonds. The Bertz CT molecular complexity index is 414. The van der Waals surface area contributed by atoms with Gasteiger partial charge in [-0.1, -0.05) is 39.0 Å². The van der Waals surface area contributed by atoms with Crippen LogP contribution in [0.3, 0.4) is 0 Å². The van der Waals surface area contributed by atoms with Gasteiger partial charge >= 0.3 is 0 Å². The lowest BCUT2D eigenvalue weighted by molar-refractivity contribution is 0.134. The van der Waals surface area contributed by atoms with Gasteiger partial charge in [0, 0.05) is 0 Å². The fourth-order valence-corrected chi connectivity index (χ4v) is 2.68. The monoisotopic (exact) mass is 275 g/mol. The lowest BCUT2D eigenvalue weighted by Crippen LogP contribution is -2.22. The van der Waals surface area contributed by atoms with E-state index in [9.17, 15) is 0 Å². The molecule has 1 heterocycles. The van der Waals surface area contributed by atoms with Crippen molar-refractivity contribution >= 4 is 0 Å². The number of nitrogens with one attached hydrogen (secondary N) is 1. The van der Waals surface area contributed by atoms with Crippen LogP contribution in [0.5, 0.6) is 0 Å². The molecule has 2 heteroatoms. The van der Waals surface area contributed by atoms with Crippen LogP contribution in [0, 0.1) is 11.8 Å².